The number of carbonyl (C=O) groups is 1. The molecule has 0 heterocycles. The van der Waals surface area contributed by atoms with Gasteiger partial charge in [-0.3, -0.25) is 4.79 Å². The van der Waals surface area contributed by atoms with Crippen molar-refractivity contribution in [2.75, 3.05) is 11.9 Å². The summed E-state index contributed by atoms with van der Waals surface area (Å²) in [6.07, 6.45) is -4.68. The molecule has 10 heteroatoms. The maximum Gasteiger partial charge on any atom is 0.418 e. The summed E-state index contributed by atoms with van der Waals surface area (Å²) < 4.78 is 67.2. The summed E-state index contributed by atoms with van der Waals surface area (Å²) in [6.45, 7) is 0.895. The smallest absolute Gasteiger partial charge is 0.324 e. The van der Waals surface area contributed by atoms with Gasteiger partial charge in [-0.25, -0.2) is 8.42 Å². The number of para-hydroxylation sites is 1. The summed E-state index contributed by atoms with van der Waals surface area (Å²) >= 11 is 6.00. The Balaban J connectivity index is 1.91. The first-order valence-corrected chi connectivity index (χ1v) is 11.6. The van der Waals surface area contributed by atoms with E-state index >= 15 is 0 Å². The number of nitrogens with zero attached hydrogens (tertiary/aromatic N) is 1. The van der Waals surface area contributed by atoms with Gasteiger partial charge < -0.3 is 5.32 Å². The van der Waals surface area contributed by atoms with E-state index in [1.54, 1.807) is 43.3 Å². The fourth-order valence-corrected chi connectivity index (χ4v) is 4.71. The van der Waals surface area contributed by atoms with Gasteiger partial charge in [0.1, 0.15) is 0 Å². The van der Waals surface area contributed by atoms with Crippen molar-refractivity contribution in [3.8, 4) is 0 Å². The number of nitrogens with one attached hydrogen (secondary N) is 1. The van der Waals surface area contributed by atoms with Gasteiger partial charge in [0.15, 0.2) is 0 Å². The molecule has 0 aliphatic carbocycles. The molecule has 33 heavy (non-hydrogen) atoms. The van der Waals surface area contributed by atoms with Crippen LogP contribution in [0.3, 0.4) is 0 Å². The van der Waals surface area contributed by atoms with E-state index in [-0.39, 0.29) is 11.4 Å². The number of benzene rings is 3. The van der Waals surface area contributed by atoms with Crippen molar-refractivity contribution in [2.24, 2.45) is 0 Å². The van der Waals surface area contributed by atoms with E-state index in [9.17, 15) is 26.4 Å². The molecule has 1 N–H and O–H groups in total. The lowest BCUT2D eigenvalue weighted by Crippen LogP contribution is -2.37. The number of aryl methyl sites for hydroxylation is 1. The average molecular weight is 497 g/mol. The van der Waals surface area contributed by atoms with Gasteiger partial charge in [-0.2, -0.15) is 17.5 Å². The van der Waals surface area contributed by atoms with E-state index in [0.29, 0.717) is 10.6 Å². The normalized spacial score (nSPS) is 12.1. The average Bonchev–Trinajstić information content (AvgIpc) is 2.73. The van der Waals surface area contributed by atoms with Crippen molar-refractivity contribution in [2.45, 2.75) is 24.5 Å². The molecule has 5 nitrogen and oxygen atoms in total. The highest BCUT2D eigenvalue weighted by Gasteiger charge is 2.34. The number of hydrogen-bond acceptors (Lipinski definition) is 3. The van der Waals surface area contributed by atoms with Crippen LogP contribution in [0.15, 0.2) is 77.7 Å². The molecule has 1 amide bonds. The van der Waals surface area contributed by atoms with Crippen LogP contribution in [0.4, 0.5) is 18.9 Å². The molecule has 3 aromatic rings. The van der Waals surface area contributed by atoms with Crippen molar-refractivity contribution in [3.63, 3.8) is 0 Å². The molecule has 0 aliphatic heterocycles. The van der Waals surface area contributed by atoms with Crippen LogP contribution in [0.25, 0.3) is 0 Å². The van der Waals surface area contributed by atoms with E-state index in [4.69, 9.17) is 11.6 Å². The van der Waals surface area contributed by atoms with Gasteiger partial charge in [0, 0.05) is 11.6 Å². The van der Waals surface area contributed by atoms with Crippen molar-refractivity contribution in [1.82, 2.24) is 4.31 Å². The number of sulfonamides is 1. The highest BCUT2D eigenvalue weighted by atomic mass is 35.5. The third kappa shape index (κ3) is 6.34. The van der Waals surface area contributed by atoms with Crippen LogP contribution in [0.1, 0.15) is 16.7 Å². The van der Waals surface area contributed by atoms with Gasteiger partial charge in [-0.1, -0.05) is 53.6 Å². The second-order valence-electron chi connectivity index (χ2n) is 7.31. The van der Waals surface area contributed by atoms with Crippen molar-refractivity contribution in [1.29, 1.82) is 0 Å². The summed E-state index contributed by atoms with van der Waals surface area (Å²) in [4.78, 5) is 12.6. The topological polar surface area (TPSA) is 66.5 Å². The van der Waals surface area contributed by atoms with Crippen molar-refractivity contribution < 1.29 is 26.4 Å². The molecule has 0 aromatic heterocycles. The van der Waals surface area contributed by atoms with E-state index in [1.807, 2.05) is 0 Å². The number of halogens is 4. The minimum absolute atomic E-state index is 0.0429. The molecule has 0 aliphatic rings. The standard InChI is InChI=1S/C23H20ClF3N2O3S/c1-16-9-11-19(12-10-16)33(31,32)29(14-17-5-4-6-18(24)13-17)15-22(30)28-21-8-3-2-7-20(21)23(25,26)27/h2-13H,14-15H2,1H3,(H,28,30). The minimum Gasteiger partial charge on any atom is -0.324 e. The third-order valence-corrected chi connectivity index (χ3v) is 6.77. The van der Waals surface area contributed by atoms with Crippen LogP contribution in [0.2, 0.25) is 5.02 Å². The van der Waals surface area contributed by atoms with Gasteiger partial charge >= 0.3 is 6.18 Å². The van der Waals surface area contributed by atoms with Crippen molar-refractivity contribution >= 4 is 33.2 Å². The predicted molar refractivity (Wildman–Crippen MR) is 120 cm³/mol. The lowest BCUT2D eigenvalue weighted by molar-refractivity contribution is -0.137. The zero-order chi connectivity index (χ0) is 24.2. The fourth-order valence-electron chi connectivity index (χ4n) is 3.11. The van der Waals surface area contributed by atoms with Gasteiger partial charge in [-0.15, -0.1) is 0 Å². The summed E-state index contributed by atoms with van der Waals surface area (Å²) in [6, 6.07) is 17.0. The quantitative estimate of drug-likeness (QED) is 0.470. The Morgan fingerprint density at radius 2 is 1.67 bits per heavy atom. The Bertz CT molecular complexity index is 1250. The molecule has 0 bridgehead atoms. The zero-order valence-corrected chi connectivity index (χ0v) is 19.0. The molecule has 3 rings (SSSR count). The number of rotatable bonds is 7. The Morgan fingerprint density at radius 1 is 1.00 bits per heavy atom. The molecule has 0 spiro atoms. The summed E-state index contributed by atoms with van der Waals surface area (Å²) in [5, 5.41) is 2.56. The molecule has 0 atom stereocenters. The van der Waals surface area contributed by atoms with E-state index < -0.39 is 39.9 Å². The van der Waals surface area contributed by atoms with Gasteiger partial charge in [0.25, 0.3) is 0 Å². The predicted octanol–water partition coefficient (Wildman–Crippen LogP) is 5.50. The van der Waals surface area contributed by atoms with Crippen LogP contribution >= 0.6 is 11.6 Å². The Kier molecular flexibility index (Phi) is 7.46. The first kappa shape index (κ1) is 24.8. The molecular formula is C23H20ClF3N2O3S. The van der Waals surface area contributed by atoms with Crippen LogP contribution in [0.5, 0.6) is 0 Å². The molecule has 0 radical (unpaired) electrons. The second kappa shape index (κ2) is 9.94. The maximum atomic E-state index is 13.3. The highest BCUT2D eigenvalue weighted by Crippen LogP contribution is 2.34. The van der Waals surface area contributed by atoms with Gasteiger partial charge in [0.2, 0.25) is 15.9 Å². The SMILES string of the molecule is Cc1ccc(S(=O)(=O)N(CC(=O)Nc2ccccc2C(F)(F)F)Cc2cccc(Cl)c2)cc1. The minimum atomic E-state index is -4.68. The summed E-state index contributed by atoms with van der Waals surface area (Å²) in [5.74, 6) is -0.913. The maximum absolute atomic E-state index is 13.3. The molecule has 3 aromatic carbocycles. The van der Waals surface area contributed by atoms with Crippen LogP contribution in [-0.2, 0) is 27.5 Å². The summed E-state index contributed by atoms with van der Waals surface area (Å²) in [5.41, 5.74) is -0.120. The zero-order valence-electron chi connectivity index (χ0n) is 17.4. The number of hydrogen-bond donors (Lipinski definition) is 1. The van der Waals surface area contributed by atoms with Crippen molar-refractivity contribution in [3.05, 3.63) is 94.5 Å². The van der Waals surface area contributed by atoms with Crippen LogP contribution in [-0.4, -0.2) is 25.2 Å². The highest BCUT2D eigenvalue weighted by molar-refractivity contribution is 7.89. The van der Waals surface area contributed by atoms with E-state index in [0.717, 1.165) is 22.0 Å². The largest absolute Gasteiger partial charge is 0.418 e. The number of amides is 1. The molecule has 0 unspecified atom stereocenters. The lowest BCUT2D eigenvalue weighted by Gasteiger charge is -2.23. The number of alkyl halides is 3. The second-order valence-corrected chi connectivity index (χ2v) is 9.68. The fraction of sp³-hybridized carbons (Fsp3) is 0.174. The molecule has 0 saturated heterocycles. The third-order valence-electron chi connectivity index (χ3n) is 4.73. The lowest BCUT2D eigenvalue weighted by atomic mass is 10.1. The first-order valence-electron chi connectivity index (χ1n) is 9.74. The Hall–Kier alpha value is -2.88. The van der Waals surface area contributed by atoms with Gasteiger partial charge in [0.05, 0.1) is 22.7 Å². The number of carbonyl (C=O) groups excluding carboxylic acids is 1. The molecule has 0 fully saturated rings. The molecular weight excluding hydrogens is 477 g/mol. The van der Waals surface area contributed by atoms with E-state index in [2.05, 4.69) is 5.32 Å². The van der Waals surface area contributed by atoms with Crippen LogP contribution < -0.4 is 5.32 Å². The first-order chi connectivity index (χ1) is 15.5. The monoisotopic (exact) mass is 496 g/mol. The Labute approximate surface area is 194 Å². The van der Waals surface area contributed by atoms with Gasteiger partial charge in [-0.05, 0) is 48.9 Å². The summed E-state index contributed by atoms with van der Waals surface area (Å²) in [7, 11) is -4.15. The molecule has 174 valence electrons. The Morgan fingerprint density at radius 3 is 2.30 bits per heavy atom. The molecule has 0 saturated carbocycles. The van der Waals surface area contributed by atoms with Crippen LogP contribution in [0, 0.1) is 6.92 Å². The van der Waals surface area contributed by atoms with E-state index in [1.165, 1.54) is 24.3 Å². The number of anilines is 1.